The van der Waals surface area contributed by atoms with Crippen molar-refractivity contribution in [2.45, 2.75) is 31.6 Å². The molecule has 3 aromatic rings. The summed E-state index contributed by atoms with van der Waals surface area (Å²) < 4.78 is 32.5. The third kappa shape index (κ3) is 4.89. The summed E-state index contributed by atoms with van der Waals surface area (Å²) in [7, 11) is -3.59. The number of amides is 1. The molecule has 0 fully saturated rings. The van der Waals surface area contributed by atoms with Crippen molar-refractivity contribution in [1.29, 1.82) is 0 Å². The molecule has 0 radical (unpaired) electrons. The standard InChI is InChI=1S/C19H22N4O4S2/c1-3-11-23(12-4-2)29(25,26)15-9-7-14(8-10-15)17(24)20-19-22-21-18(27-19)16-6-5-13-28-16/h5-10,13H,3-4,11-12H2,1-2H3,(H,20,22,24). The molecule has 0 aliphatic heterocycles. The number of rotatable bonds is 9. The monoisotopic (exact) mass is 434 g/mol. The maximum Gasteiger partial charge on any atom is 0.322 e. The Labute approximate surface area is 173 Å². The third-order valence-electron chi connectivity index (χ3n) is 4.08. The molecule has 154 valence electrons. The highest BCUT2D eigenvalue weighted by Crippen LogP contribution is 2.24. The molecule has 0 atom stereocenters. The molecule has 0 unspecified atom stereocenters. The normalized spacial score (nSPS) is 11.7. The van der Waals surface area contributed by atoms with Gasteiger partial charge >= 0.3 is 6.01 Å². The quantitative estimate of drug-likeness (QED) is 0.548. The molecule has 8 nitrogen and oxygen atoms in total. The van der Waals surface area contributed by atoms with Crippen molar-refractivity contribution in [2.75, 3.05) is 18.4 Å². The first-order valence-electron chi connectivity index (χ1n) is 9.24. The third-order valence-corrected chi connectivity index (χ3v) is 6.85. The predicted octanol–water partition coefficient (Wildman–Crippen LogP) is 3.86. The first-order chi connectivity index (χ1) is 14.0. The minimum absolute atomic E-state index is 0.0211. The van der Waals surface area contributed by atoms with Gasteiger partial charge in [0.05, 0.1) is 9.77 Å². The first kappa shape index (κ1) is 21.2. The van der Waals surface area contributed by atoms with E-state index in [0.717, 1.165) is 17.7 Å². The van der Waals surface area contributed by atoms with Crippen molar-refractivity contribution in [3.63, 3.8) is 0 Å². The Morgan fingerprint density at radius 2 is 1.79 bits per heavy atom. The Bertz CT molecular complexity index is 1040. The van der Waals surface area contributed by atoms with Crippen LogP contribution in [0.15, 0.2) is 51.1 Å². The molecule has 0 saturated heterocycles. The summed E-state index contributed by atoms with van der Waals surface area (Å²) in [6.45, 7) is 4.80. The van der Waals surface area contributed by atoms with E-state index in [1.807, 2.05) is 31.4 Å². The van der Waals surface area contributed by atoms with E-state index in [4.69, 9.17) is 4.42 Å². The number of aromatic nitrogens is 2. The zero-order chi connectivity index (χ0) is 20.9. The van der Waals surface area contributed by atoms with Crippen LogP contribution in [0.3, 0.4) is 0 Å². The fraction of sp³-hybridized carbons (Fsp3) is 0.316. The van der Waals surface area contributed by atoms with Crippen LogP contribution in [0, 0.1) is 0 Å². The average molecular weight is 435 g/mol. The lowest BCUT2D eigenvalue weighted by atomic mass is 10.2. The fourth-order valence-corrected chi connectivity index (χ4v) is 4.99. The van der Waals surface area contributed by atoms with E-state index in [1.54, 1.807) is 0 Å². The van der Waals surface area contributed by atoms with E-state index in [-0.39, 0.29) is 16.5 Å². The molecular formula is C19H22N4O4S2. The van der Waals surface area contributed by atoms with Crippen molar-refractivity contribution in [2.24, 2.45) is 0 Å². The van der Waals surface area contributed by atoms with E-state index >= 15 is 0 Å². The second kappa shape index (κ2) is 9.29. The predicted molar refractivity (Wildman–Crippen MR) is 111 cm³/mol. The van der Waals surface area contributed by atoms with Crippen LogP contribution in [0.1, 0.15) is 37.0 Å². The molecule has 1 amide bonds. The van der Waals surface area contributed by atoms with Gasteiger partial charge in [0.2, 0.25) is 10.0 Å². The number of hydrogen-bond donors (Lipinski definition) is 1. The average Bonchev–Trinajstić information content (AvgIpc) is 3.39. The Hall–Kier alpha value is -2.56. The van der Waals surface area contributed by atoms with Gasteiger partial charge in [0.1, 0.15) is 0 Å². The van der Waals surface area contributed by atoms with Gasteiger partial charge in [0.25, 0.3) is 11.8 Å². The summed E-state index contributed by atoms with van der Waals surface area (Å²) in [5.41, 5.74) is 0.289. The SMILES string of the molecule is CCCN(CCC)S(=O)(=O)c1ccc(C(=O)Nc2nnc(-c3cccs3)o2)cc1. The molecule has 10 heteroatoms. The van der Waals surface area contributed by atoms with E-state index in [9.17, 15) is 13.2 Å². The van der Waals surface area contributed by atoms with Crippen molar-refractivity contribution < 1.29 is 17.6 Å². The number of sulfonamides is 1. The number of thiophene rings is 1. The van der Waals surface area contributed by atoms with Crippen LogP contribution in [0.2, 0.25) is 0 Å². The zero-order valence-corrected chi connectivity index (χ0v) is 17.8. The number of carbonyl (C=O) groups is 1. The number of nitrogens with zero attached hydrogens (tertiary/aromatic N) is 3. The van der Waals surface area contributed by atoms with Gasteiger partial charge in [-0.3, -0.25) is 10.1 Å². The highest BCUT2D eigenvalue weighted by atomic mass is 32.2. The molecule has 1 N–H and O–H groups in total. The van der Waals surface area contributed by atoms with Gasteiger partial charge in [-0.15, -0.1) is 16.4 Å². The Morgan fingerprint density at radius 1 is 1.10 bits per heavy atom. The summed E-state index contributed by atoms with van der Waals surface area (Å²) in [4.78, 5) is 13.4. The van der Waals surface area contributed by atoms with Crippen LogP contribution in [0.4, 0.5) is 6.01 Å². The number of nitrogens with one attached hydrogen (secondary N) is 1. The van der Waals surface area contributed by atoms with E-state index < -0.39 is 15.9 Å². The molecule has 3 rings (SSSR count). The lowest BCUT2D eigenvalue weighted by Gasteiger charge is -2.21. The lowest BCUT2D eigenvalue weighted by molar-refractivity contribution is 0.102. The minimum Gasteiger partial charge on any atom is -0.402 e. The van der Waals surface area contributed by atoms with E-state index in [0.29, 0.717) is 19.0 Å². The van der Waals surface area contributed by atoms with Crippen molar-refractivity contribution in [1.82, 2.24) is 14.5 Å². The molecule has 2 aromatic heterocycles. The van der Waals surface area contributed by atoms with Gasteiger partial charge in [-0.05, 0) is 48.6 Å². The van der Waals surface area contributed by atoms with Gasteiger partial charge in [0, 0.05) is 18.7 Å². The van der Waals surface area contributed by atoms with Gasteiger partial charge < -0.3 is 4.42 Å². The maximum atomic E-state index is 12.8. The van der Waals surface area contributed by atoms with Gasteiger partial charge in [-0.1, -0.05) is 25.0 Å². The minimum atomic E-state index is -3.59. The largest absolute Gasteiger partial charge is 0.402 e. The highest BCUT2D eigenvalue weighted by molar-refractivity contribution is 7.89. The topological polar surface area (TPSA) is 105 Å². The molecule has 0 aliphatic carbocycles. The van der Waals surface area contributed by atoms with Crippen LogP contribution in [0.5, 0.6) is 0 Å². The van der Waals surface area contributed by atoms with Crippen LogP contribution in [0.25, 0.3) is 10.8 Å². The van der Waals surface area contributed by atoms with Crippen molar-refractivity contribution >= 4 is 33.3 Å². The Morgan fingerprint density at radius 3 is 2.38 bits per heavy atom. The molecule has 29 heavy (non-hydrogen) atoms. The fourth-order valence-electron chi connectivity index (χ4n) is 2.72. The molecule has 0 aliphatic rings. The van der Waals surface area contributed by atoms with Crippen molar-refractivity contribution in [3.05, 3.63) is 47.3 Å². The molecule has 0 spiro atoms. The second-order valence-corrected chi connectivity index (χ2v) is 9.16. The van der Waals surface area contributed by atoms with E-state index in [1.165, 1.54) is 39.9 Å². The number of hydrogen-bond acceptors (Lipinski definition) is 7. The smallest absolute Gasteiger partial charge is 0.322 e. The summed E-state index contributed by atoms with van der Waals surface area (Å²) in [6, 6.07) is 9.49. The highest BCUT2D eigenvalue weighted by Gasteiger charge is 2.23. The second-order valence-electron chi connectivity index (χ2n) is 6.27. The molecule has 1 aromatic carbocycles. The van der Waals surface area contributed by atoms with Gasteiger partial charge in [-0.2, -0.15) is 4.31 Å². The summed E-state index contributed by atoms with van der Waals surface area (Å²) in [5.74, 6) is -0.141. The van der Waals surface area contributed by atoms with Gasteiger partial charge in [-0.25, -0.2) is 8.42 Å². The number of anilines is 1. The Kier molecular flexibility index (Phi) is 6.78. The molecule has 2 heterocycles. The number of carbonyl (C=O) groups excluding carboxylic acids is 1. The van der Waals surface area contributed by atoms with Crippen LogP contribution >= 0.6 is 11.3 Å². The lowest BCUT2D eigenvalue weighted by Crippen LogP contribution is -2.32. The van der Waals surface area contributed by atoms with Crippen LogP contribution in [-0.4, -0.2) is 41.9 Å². The van der Waals surface area contributed by atoms with Crippen LogP contribution in [-0.2, 0) is 10.0 Å². The van der Waals surface area contributed by atoms with E-state index in [2.05, 4.69) is 15.5 Å². The van der Waals surface area contributed by atoms with Crippen LogP contribution < -0.4 is 5.32 Å². The van der Waals surface area contributed by atoms with Gasteiger partial charge in [0.15, 0.2) is 0 Å². The Balaban J connectivity index is 1.71. The molecule has 0 saturated carbocycles. The maximum absolute atomic E-state index is 12.8. The number of benzene rings is 1. The summed E-state index contributed by atoms with van der Waals surface area (Å²) >= 11 is 1.45. The molecule has 0 bridgehead atoms. The summed E-state index contributed by atoms with van der Waals surface area (Å²) in [6.07, 6.45) is 1.47. The zero-order valence-electron chi connectivity index (χ0n) is 16.2. The van der Waals surface area contributed by atoms with Crippen molar-refractivity contribution in [3.8, 4) is 10.8 Å². The first-order valence-corrected chi connectivity index (χ1v) is 11.6. The molecular weight excluding hydrogens is 412 g/mol. The summed E-state index contributed by atoms with van der Waals surface area (Å²) in [5, 5.41) is 12.1.